The summed E-state index contributed by atoms with van der Waals surface area (Å²) in [5.74, 6) is -1.13. The van der Waals surface area contributed by atoms with Crippen molar-refractivity contribution in [1.82, 2.24) is 14.5 Å². The summed E-state index contributed by atoms with van der Waals surface area (Å²) < 4.78 is 29.2. The van der Waals surface area contributed by atoms with E-state index >= 15 is 0 Å². The molecule has 1 atom stereocenters. The molecule has 1 aromatic carbocycles. The minimum Gasteiger partial charge on any atom is -0.328 e. The lowest BCUT2D eigenvalue weighted by Crippen LogP contribution is -2.06. The molecule has 0 aliphatic rings. The van der Waals surface area contributed by atoms with Gasteiger partial charge in [0.2, 0.25) is 0 Å². The molecule has 0 aliphatic heterocycles. The van der Waals surface area contributed by atoms with Crippen LogP contribution in [-0.4, -0.2) is 14.5 Å². The molecule has 0 radical (unpaired) electrons. The highest BCUT2D eigenvalue weighted by molar-refractivity contribution is 7.71. The van der Waals surface area contributed by atoms with Crippen molar-refractivity contribution in [2.45, 2.75) is 19.4 Å². The van der Waals surface area contributed by atoms with Crippen molar-refractivity contribution in [2.75, 3.05) is 0 Å². The van der Waals surface area contributed by atoms with E-state index in [0.29, 0.717) is 16.8 Å². The lowest BCUT2D eigenvalue weighted by molar-refractivity contribution is 0.584. The number of hydrogen-bond acceptors (Lipinski definition) is 3. The van der Waals surface area contributed by atoms with Crippen molar-refractivity contribution in [3.63, 3.8) is 0 Å². The lowest BCUT2D eigenvalue weighted by atomic mass is 10.2. The second-order valence-electron chi connectivity index (χ2n) is 4.59. The molecule has 0 aliphatic carbocycles. The zero-order chi connectivity index (χ0) is 14.3. The first-order valence-corrected chi connectivity index (χ1v) is 7.32. The molecule has 1 N–H and O–H groups in total. The smallest absolute Gasteiger partial charge is 0.178 e. The van der Waals surface area contributed by atoms with E-state index in [1.54, 1.807) is 22.1 Å². The van der Waals surface area contributed by atoms with E-state index in [-0.39, 0.29) is 11.4 Å². The van der Waals surface area contributed by atoms with E-state index in [1.165, 1.54) is 6.07 Å². The van der Waals surface area contributed by atoms with Crippen LogP contribution in [0.3, 0.4) is 0 Å². The van der Waals surface area contributed by atoms with Crippen LogP contribution >= 0.6 is 23.6 Å². The molecule has 20 heavy (non-hydrogen) atoms. The van der Waals surface area contributed by atoms with Crippen LogP contribution in [0.15, 0.2) is 23.7 Å². The van der Waals surface area contributed by atoms with Gasteiger partial charge in [-0.15, -0.1) is 11.3 Å². The molecule has 0 saturated heterocycles. The number of halogens is 2. The largest absolute Gasteiger partial charge is 0.328 e. The Morgan fingerprint density at radius 2 is 2.25 bits per heavy atom. The Morgan fingerprint density at radius 3 is 2.95 bits per heavy atom. The fourth-order valence-corrected chi connectivity index (χ4v) is 3.16. The standard InChI is InChI=1S/C13H11F2N3S2/c1-7(12-16-2-3-20-12)6-18-10-5-8(14)4-9(15)11(10)17-13(18)19/h2-5,7H,6H2,1H3,(H,17,19). The predicted octanol–water partition coefficient (Wildman–Crippen LogP) is 4.24. The van der Waals surface area contributed by atoms with Crippen molar-refractivity contribution in [3.8, 4) is 0 Å². The fraction of sp³-hybridized carbons (Fsp3) is 0.231. The molecule has 1 unspecified atom stereocenters. The van der Waals surface area contributed by atoms with Crippen molar-refractivity contribution < 1.29 is 8.78 Å². The second-order valence-corrected chi connectivity index (χ2v) is 5.91. The third kappa shape index (κ3) is 2.27. The number of thiazole rings is 1. The van der Waals surface area contributed by atoms with Crippen LogP contribution in [0.1, 0.15) is 17.8 Å². The Bertz CT molecular complexity index is 805. The maximum atomic E-state index is 13.7. The van der Waals surface area contributed by atoms with Gasteiger partial charge >= 0.3 is 0 Å². The molecule has 0 spiro atoms. The summed E-state index contributed by atoms with van der Waals surface area (Å²) in [5, 5.41) is 2.87. The highest BCUT2D eigenvalue weighted by atomic mass is 32.1. The fourth-order valence-electron chi connectivity index (χ4n) is 2.19. The predicted molar refractivity (Wildman–Crippen MR) is 77.6 cm³/mol. The number of hydrogen-bond donors (Lipinski definition) is 1. The second kappa shape index (κ2) is 5.06. The SMILES string of the molecule is CC(Cn1c(=S)[nH]c2c(F)cc(F)cc21)c1nccs1. The summed E-state index contributed by atoms with van der Waals surface area (Å²) in [7, 11) is 0. The van der Waals surface area contributed by atoms with Gasteiger partial charge in [-0.05, 0) is 18.3 Å². The first-order valence-electron chi connectivity index (χ1n) is 6.03. The normalized spacial score (nSPS) is 12.9. The number of fused-ring (bicyclic) bond motifs is 1. The summed E-state index contributed by atoms with van der Waals surface area (Å²) in [4.78, 5) is 7.05. The maximum Gasteiger partial charge on any atom is 0.178 e. The van der Waals surface area contributed by atoms with Crippen LogP contribution < -0.4 is 0 Å². The third-order valence-electron chi connectivity index (χ3n) is 3.13. The quantitative estimate of drug-likeness (QED) is 0.734. The van der Waals surface area contributed by atoms with Crippen LogP contribution in [-0.2, 0) is 6.54 Å². The molecule has 0 bridgehead atoms. The molecule has 7 heteroatoms. The highest BCUT2D eigenvalue weighted by Gasteiger charge is 2.15. The Kier molecular flexibility index (Phi) is 3.39. The number of imidazole rings is 1. The van der Waals surface area contributed by atoms with Gasteiger partial charge in [-0.1, -0.05) is 6.92 Å². The Balaban J connectivity index is 2.07. The summed E-state index contributed by atoms with van der Waals surface area (Å²) in [5.41, 5.74) is 0.679. The Morgan fingerprint density at radius 1 is 1.45 bits per heavy atom. The molecule has 3 aromatic rings. The van der Waals surface area contributed by atoms with Crippen molar-refractivity contribution >= 4 is 34.6 Å². The zero-order valence-corrected chi connectivity index (χ0v) is 12.2. The molecular formula is C13H11F2N3S2. The van der Waals surface area contributed by atoms with E-state index in [2.05, 4.69) is 9.97 Å². The molecule has 3 rings (SSSR count). The summed E-state index contributed by atoms with van der Waals surface area (Å²) >= 11 is 6.76. The van der Waals surface area contributed by atoms with Gasteiger partial charge in [-0.25, -0.2) is 13.8 Å². The summed E-state index contributed by atoms with van der Waals surface area (Å²) in [6.45, 7) is 2.53. The number of nitrogens with zero attached hydrogens (tertiary/aromatic N) is 2. The first-order chi connectivity index (χ1) is 9.56. The molecule has 0 fully saturated rings. The summed E-state index contributed by atoms with van der Waals surface area (Å²) in [6.07, 6.45) is 1.74. The molecule has 2 heterocycles. The van der Waals surface area contributed by atoms with E-state index < -0.39 is 11.6 Å². The van der Waals surface area contributed by atoms with E-state index in [9.17, 15) is 8.78 Å². The van der Waals surface area contributed by atoms with Crippen molar-refractivity contribution in [3.05, 3.63) is 45.1 Å². The molecule has 2 aromatic heterocycles. The molecule has 3 nitrogen and oxygen atoms in total. The average molecular weight is 311 g/mol. The number of aromatic nitrogens is 3. The number of H-pyrrole nitrogens is 1. The van der Waals surface area contributed by atoms with Crippen LogP contribution in [0, 0.1) is 16.4 Å². The molecule has 104 valence electrons. The third-order valence-corrected chi connectivity index (χ3v) is 4.46. The summed E-state index contributed by atoms with van der Waals surface area (Å²) in [6, 6.07) is 2.14. The van der Waals surface area contributed by atoms with Crippen molar-refractivity contribution in [1.29, 1.82) is 0 Å². The average Bonchev–Trinajstić information content (AvgIpc) is 3.00. The molecule has 0 saturated carbocycles. The van der Waals surface area contributed by atoms with Gasteiger partial charge in [0, 0.05) is 30.1 Å². The topological polar surface area (TPSA) is 33.6 Å². The Labute approximate surface area is 122 Å². The van der Waals surface area contributed by atoms with Gasteiger partial charge in [0.1, 0.15) is 11.3 Å². The first kappa shape index (κ1) is 13.4. The van der Waals surface area contributed by atoms with E-state index in [1.807, 2.05) is 12.3 Å². The minimum atomic E-state index is -0.633. The van der Waals surface area contributed by atoms with Crippen LogP contribution in [0.2, 0.25) is 0 Å². The lowest BCUT2D eigenvalue weighted by Gasteiger charge is -2.10. The number of rotatable bonds is 3. The van der Waals surface area contributed by atoms with Crippen LogP contribution in [0.4, 0.5) is 8.78 Å². The van der Waals surface area contributed by atoms with Gasteiger partial charge in [0.15, 0.2) is 10.6 Å². The van der Waals surface area contributed by atoms with Gasteiger partial charge in [-0.2, -0.15) is 0 Å². The molecular weight excluding hydrogens is 300 g/mol. The van der Waals surface area contributed by atoms with Gasteiger partial charge in [-0.3, -0.25) is 0 Å². The van der Waals surface area contributed by atoms with Crippen LogP contribution in [0.25, 0.3) is 11.0 Å². The van der Waals surface area contributed by atoms with Gasteiger partial charge in [0.25, 0.3) is 0 Å². The van der Waals surface area contributed by atoms with Gasteiger partial charge < -0.3 is 9.55 Å². The number of nitrogens with one attached hydrogen (secondary N) is 1. The van der Waals surface area contributed by atoms with E-state index in [4.69, 9.17) is 12.2 Å². The molecule has 0 amide bonds. The van der Waals surface area contributed by atoms with E-state index in [0.717, 1.165) is 11.1 Å². The van der Waals surface area contributed by atoms with Gasteiger partial charge in [0.05, 0.1) is 10.5 Å². The highest BCUT2D eigenvalue weighted by Crippen LogP contribution is 2.24. The number of benzene rings is 1. The maximum absolute atomic E-state index is 13.7. The Hall–Kier alpha value is -1.60. The monoisotopic (exact) mass is 311 g/mol. The zero-order valence-electron chi connectivity index (χ0n) is 10.6. The van der Waals surface area contributed by atoms with Crippen molar-refractivity contribution in [2.24, 2.45) is 0 Å². The minimum absolute atomic E-state index is 0.118. The number of aromatic amines is 1. The van der Waals surface area contributed by atoms with Crippen LogP contribution in [0.5, 0.6) is 0 Å².